The predicted octanol–water partition coefficient (Wildman–Crippen LogP) is -1.43. The second kappa shape index (κ2) is 5.67. The Balaban J connectivity index is 1.82. The summed E-state index contributed by atoms with van der Waals surface area (Å²) < 4.78 is 0. The van der Waals surface area contributed by atoms with E-state index in [1.807, 2.05) is 9.80 Å². The summed E-state index contributed by atoms with van der Waals surface area (Å²) >= 11 is 0. The smallest absolute Gasteiger partial charge is 0.231 e. The zero-order valence-corrected chi connectivity index (χ0v) is 11.0. The number of primary amides is 1. The maximum absolute atomic E-state index is 12.3. The SMILES string of the molecule is CN1CCN(C(=O)C2CCN(CC(N)=O)C2)CC1. The van der Waals surface area contributed by atoms with Crippen LogP contribution in [-0.4, -0.2) is 79.4 Å². The third kappa shape index (κ3) is 3.20. The third-order valence-corrected chi connectivity index (χ3v) is 3.82. The molecule has 0 bridgehead atoms. The van der Waals surface area contributed by atoms with Crippen LogP contribution < -0.4 is 5.73 Å². The number of likely N-dealkylation sites (N-methyl/N-ethyl adjacent to an activating group) is 1. The number of hydrogen-bond acceptors (Lipinski definition) is 4. The van der Waals surface area contributed by atoms with Gasteiger partial charge < -0.3 is 15.5 Å². The van der Waals surface area contributed by atoms with E-state index in [1.165, 1.54) is 0 Å². The van der Waals surface area contributed by atoms with Crippen LogP contribution in [0.25, 0.3) is 0 Å². The van der Waals surface area contributed by atoms with Crippen LogP contribution in [0.2, 0.25) is 0 Å². The lowest BCUT2D eigenvalue weighted by atomic mass is 10.1. The second-order valence-corrected chi connectivity index (χ2v) is 5.32. The fourth-order valence-corrected chi connectivity index (χ4v) is 2.68. The Bertz CT molecular complexity index is 326. The number of likely N-dealkylation sites (tertiary alicyclic amines) is 1. The summed E-state index contributed by atoms with van der Waals surface area (Å²) in [4.78, 5) is 29.3. The van der Waals surface area contributed by atoms with Gasteiger partial charge in [-0.05, 0) is 20.0 Å². The molecule has 102 valence electrons. The summed E-state index contributed by atoms with van der Waals surface area (Å²) in [6, 6.07) is 0. The van der Waals surface area contributed by atoms with E-state index in [9.17, 15) is 9.59 Å². The first kappa shape index (κ1) is 13.3. The Morgan fingerprint density at radius 2 is 1.83 bits per heavy atom. The van der Waals surface area contributed by atoms with Crippen LogP contribution in [0, 0.1) is 5.92 Å². The minimum absolute atomic E-state index is 0.0488. The van der Waals surface area contributed by atoms with Crippen molar-refractivity contribution in [2.75, 3.05) is 52.9 Å². The van der Waals surface area contributed by atoms with Gasteiger partial charge in [0.2, 0.25) is 11.8 Å². The summed E-state index contributed by atoms with van der Waals surface area (Å²) in [6.07, 6.45) is 0.846. The number of nitrogens with zero attached hydrogens (tertiary/aromatic N) is 3. The molecule has 6 heteroatoms. The molecule has 0 spiro atoms. The lowest BCUT2D eigenvalue weighted by Crippen LogP contribution is -2.49. The van der Waals surface area contributed by atoms with Crippen LogP contribution in [0.1, 0.15) is 6.42 Å². The third-order valence-electron chi connectivity index (χ3n) is 3.82. The average Bonchev–Trinajstić information content (AvgIpc) is 2.76. The lowest BCUT2D eigenvalue weighted by molar-refractivity contribution is -0.136. The Kier molecular flexibility index (Phi) is 4.19. The highest BCUT2D eigenvalue weighted by Gasteiger charge is 2.32. The van der Waals surface area contributed by atoms with Crippen molar-refractivity contribution in [3.8, 4) is 0 Å². The normalized spacial score (nSPS) is 26.5. The van der Waals surface area contributed by atoms with Gasteiger partial charge in [0, 0.05) is 32.7 Å². The molecule has 2 amide bonds. The van der Waals surface area contributed by atoms with Crippen molar-refractivity contribution < 1.29 is 9.59 Å². The maximum atomic E-state index is 12.3. The van der Waals surface area contributed by atoms with Crippen molar-refractivity contribution in [2.24, 2.45) is 11.7 Å². The molecule has 2 aliphatic heterocycles. The number of amides is 2. The standard InChI is InChI=1S/C12H22N4O2/c1-14-4-6-16(7-5-14)12(18)10-2-3-15(8-10)9-11(13)17/h10H,2-9H2,1H3,(H2,13,17). The van der Waals surface area contributed by atoms with Gasteiger partial charge in [0.1, 0.15) is 0 Å². The minimum atomic E-state index is -0.317. The minimum Gasteiger partial charge on any atom is -0.369 e. The summed E-state index contributed by atoms with van der Waals surface area (Å²) in [6.45, 7) is 5.28. The molecule has 0 aromatic rings. The van der Waals surface area contributed by atoms with E-state index in [0.717, 1.165) is 39.1 Å². The van der Waals surface area contributed by atoms with Crippen LogP contribution >= 0.6 is 0 Å². The van der Waals surface area contributed by atoms with Crippen LogP contribution in [0.4, 0.5) is 0 Å². The first-order chi connectivity index (χ1) is 8.56. The molecule has 0 aromatic carbocycles. The van der Waals surface area contributed by atoms with Crippen molar-refractivity contribution in [1.82, 2.24) is 14.7 Å². The highest BCUT2D eigenvalue weighted by atomic mass is 16.2. The fourth-order valence-electron chi connectivity index (χ4n) is 2.68. The average molecular weight is 254 g/mol. The van der Waals surface area contributed by atoms with Crippen LogP contribution in [-0.2, 0) is 9.59 Å². The van der Waals surface area contributed by atoms with E-state index in [-0.39, 0.29) is 24.3 Å². The zero-order valence-electron chi connectivity index (χ0n) is 11.0. The summed E-state index contributed by atoms with van der Waals surface area (Å²) in [5.74, 6) is -0.0227. The number of carbonyl (C=O) groups is 2. The maximum Gasteiger partial charge on any atom is 0.231 e. The fraction of sp³-hybridized carbons (Fsp3) is 0.833. The molecular weight excluding hydrogens is 232 g/mol. The molecule has 1 unspecified atom stereocenters. The highest BCUT2D eigenvalue weighted by molar-refractivity contribution is 5.80. The Morgan fingerprint density at radius 1 is 1.17 bits per heavy atom. The van der Waals surface area contributed by atoms with Gasteiger partial charge in [0.05, 0.1) is 12.5 Å². The second-order valence-electron chi connectivity index (χ2n) is 5.32. The molecule has 2 saturated heterocycles. The molecule has 0 saturated carbocycles. The van der Waals surface area contributed by atoms with Gasteiger partial charge in [-0.3, -0.25) is 14.5 Å². The molecule has 6 nitrogen and oxygen atoms in total. The quantitative estimate of drug-likeness (QED) is 0.670. The first-order valence-corrected chi connectivity index (χ1v) is 6.54. The monoisotopic (exact) mass is 254 g/mol. The highest BCUT2D eigenvalue weighted by Crippen LogP contribution is 2.19. The number of piperazine rings is 1. The first-order valence-electron chi connectivity index (χ1n) is 6.54. The molecule has 1 atom stereocenters. The number of carbonyl (C=O) groups excluding carboxylic acids is 2. The number of hydrogen-bond donors (Lipinski definition) is 1. The lowest BCUT2D eigenvalue weighted by Gasteiger charge is -2.34. The van der Waals surface area contributed by atoms with Crippen molar-refractivity contribution in [1.29, 1.82) is 0 Å². The van der Waals surface area contributed by atoms with E-state index in [4.69, 9.17) is 5.73 Å². The van der Waals surface area contributed by atoms with E-state index in [0.29, 0.717) is 6.54 Å². The van der Waals surface area contributed by atoms with E-state index >= 15 is 0 Å². The van der Waals surface area contributed by atoms with Crippen LogP contribution in [0.15, 0.2) is 0 Å². The molecule has 2 N–H and O–H groups in total. The van der Waals surface area contributed by atoms with Crippen molar-refractivity contribution in [2.45, 2.75) is 6.42 Å². The Morgan fingerprint density at radius 3 is 2.44 bits per heavy atom. The van der Waals surface area contributed by atoms with E-state index < -0.39 is 0 Å². The predicted molar refractivity (Wildman–Crippen MR) is 67.8 cm³/mol. The molecule has 2 fully saturated rings. The summed E-state index contributed by atoms with van der Waals surface area (Å²) in [5.41, 5.74) is 5.17. The molecule has 2 rings (SSSR count). The Labute approximate surface area is 108 Å². The molecule has 0 aromatic heterocycles. The van der Waals surface area contributed by atoms with Gasteiger partial charge in [0.15, 0.2) is 0 Å². The van der Waals surface area contributed by atoms with Crippen LogP contribution in [0.5, 0.6) is 0 Å². The topological polar surface area (TPSA) is 69.9 Å². The molecular formula is C12H22N4O2. The van der Waals surface area contributed by atoms with Gasteiger partial charge in [-0.15, -0.1) is 0 Å². The number of nitrogens with two attached hydrogens (primary N) is 1. The van der Waals surface area contributed by atoms with Gasteiger partial charge in [0.25, 0.3) is 0 Å². The molecule has 18 heavy (non-hydrogen) atoms. The summed E-state index contributed by atoms with van der Waals surface area (Å²) in [7, 11) is 2.08. The van der Waals surface area contributed by atoms with Crippen molar-refractivity contribution in [3.05, 3.63) is 0 Å². The van der Waals surface area contributed by atoms with Crippen molar-refractivity contribution >= 4 is 11.8 Å². The zero-order chi connectivity index (χ0) is 13.1. The van der Waals surface area contributed by atoms with Gasteiger partial charge in [-0.1, -0.05) is 0 Å². The summed E-state index contributed by atoms with van der Waals surface area (Å²) in [5, 5.41) is 0. The van der Waals surface area contributed by atoms with Gasteiger partial charge in [-0.2, -0.15) is 0 Å². The van der Waals surface area contributed by atoms with Crippen LogP contribution in [0.3, 0.4) is 0 Å². The van der Waals surface area contributed by atoms with E-state index in [1.54, 1.807) is 0 Å². The van der Waals surface area contributed by atoms with E-state index in [2.05, 4.69) is 11.9 Å². The Hall–Kier alpha value is -1.14. The van der Waals surface area contributed by atoms with Crippen molar-refractivity contribution in [3.63, 3.8) is 0 Å². The van der Waals surface area contributed by atoms with Gasteiger partial charge in [-0.25, -0.2) is 0 Å². The largest absolute Gasteiger partial charge is 0.369 e. The molecule has 2 heterocycles. The molecule has 0 radical (unpaired) electrons. The molecule has 0 aliphatic carbocycles. The molecule has 2 aliphatic rings. The van der Waals surface area contributed by atoms with Gasteiger partial charge >= 0.3 is 0 Å². The number of rotatable bonds is 3.